The van der Waals surface area contributed by atoms with Gasteiger partial charge < -0.3 is 10.4 Å². The highest BCUT2D eigenvalue weighted by molar-refractivity contribution is 8.24. The van der Waals surface area contributed by atoms with Crippen molar-refractivity contribution >= 4 is 51.6 Å². The van der Waals surface area contributed by atoms with E-state index in [2.05, 4.69) is 5.32 Å². The molecule has 0 spiro atoms. The minimum Gasteiger partial charge on any atom is -0.480 e. The molecule has 0 radical (unpaired) electrons. The Kier molecular flexibility index (Phi) is 5.05. The number of thioether (sulfide) groups is 1. The van der Waals surface area contributed by atoms with Crippen molar-refractivity contribution in [3.05, 3.63) is 29.3 Å². The maximum Gasteiger partial charge on any atom is 0.316 e. The van der Waals surface area contributed by atoms with Crippen molar-refractivity contribution in [3.63, 3.8) is 0 Å². The van der Waals surface area contributed by atoms with Crippen LogP contribution in [0.1, 0.15) is 6.92 Å². The molecule has 0 unspecified atom stereocenters. The maximum atomic E-state index is 10.6. The van der Waals surface area contributed by atoms with Crippen LogP contribution in [0.15, 0.2) is 24.3 Å². The van der Waals surface area contributed by atoms with Gasteiger partial charge in [-0.2, -0.15) is 0 Å². The zero-order chi connectivity index (χ0) is 12.1. The van der Waals surface area contributed by atoms with Crippen LogP contribution in [0, 0.1) is 0 Å². The van der Waals surface area contributed by atoms with Crippen LogP contribution in [-0.4, -0.2) is 20.6 Å². The monoisotopic (exact) mass is 275 g/mol. The number of hydrogen-bond acceptors (Lipinski definition) is 3. The molecule has 1 aromatic carbocycles. The van der Waals surface area contributed by atoms with Gasteiger partial charge in [-0.15, -0.1) is 0 Å². The van der Waals surface area contributed by atoms with Gasteiger partial charge in [0.05, 0.1) is 0 Å². The summed E-state index contributed by atoms with van der Waals surface area (Å²) in [6.45, 7) is 1.59. The number of thiocarbonyl (C=S) groups is 1. The fourth-order valence-electron chi connectivity index (χ4n) is 0.892. The summed E-state index contributed by atoms with van der Waals surface area (Å²) in [4.78, 5) is 10.6. The molecule has 0 heterocycles. The van der Waals surface area contributed by atoms with Crippen molar-refractivity contribution in [2.75, 3.05) is 5.32 Å². The van der Waals surface area contributed by atoms with Gasteiger partial charge in [-0.25, -0.2) is 0 Å². The topological polar surface area (TPSA) is 49.3 Å². The molecule has 0 aliphatic carbocycles. The number of carboxylic acids is 1. The van der Waals surface area contributed by atoms with Crippen LogP contribution in [0.3, 0.4) is 0 Å². The van der Waals surface area contributed by atoms with E-state index in [1.54, 1.807) is 31.2 Å². The highest BCUT2D eigenvalue weighted by Gasteiger charge is 2.13. The van der Waals surface area contributed by atoms with E-state index in [9.17, 15) is 4.79 Å². The Labute approximate surface area is 108 Å². The molecule has 0 aliphatic heterocycles. The fourth-order valence-corrected chi connectivity index (χ4v) is 2.17. The summed E-state index contributed by atoms with van der Waals surface area (Å²) in [5.74, 6) is -0.884. The Balaban J connectivity index is 2.52. The zero-order valence-electron chi connectivity index (χ0n) is 8.44. The van der Waals surface area contributed by atoms with Gasteiger partial charge in [0.2, 0.25) is 0 Å². The molecule has 0 saturated carbocycles. The fraction of sp³-hybridized carbons (Fsp3) is 0.200. The van der Waals surface area contributed by atoms with E-state index in [4.69, 9.17) is 28.9 Å². The molecular weight excluding hydrogens is 266 g/mol. The number of aliphatic carboxylic acids is 1. The van der Waals surface area contributed by atoms with Crippen molar-refractivity contribution in [1.82, 2.24) is 0 Å². The third-order valence-electron chi connectivity index (χ3n) is 1.72. The smallest absolute Gasteiger partial charge is 0.316 e. The summed E-state index contributed by atoms with van der Waals surface area (Å²) in [7, 11) is 0. The van der Waals surface area contributed by atoms with Crippen LogP contribution in [-0.2, 0) is 4.79 Å². The Morgan fingerprint density at radius 3 is 2.56 bits per heavy atom. The number of rotatable bonds is 3. The molecule has 16 heavy (non-hydrogen) atoms. The minimum absolute atomic E-state index is 0.428. The van der Waals surface area contributed by atoms with Gasteiger partial charge in [0, 0.05) is 10.7 Å². The van der Waals surface area contributed by atoms with E-state index < -0.39 is 11.2 Å². The SMILES string of the molecule is C[C@H](SC(=S)Nc1ccc(Cl)cc1)C(=O)O. The first kappa shape index (κ1) is 13.3. The molecule has 0 saturated heterocycles. The second-order valence-electron chi connectivity index (χ2n) is 3.02. The molecule has 86 valence electrons. The predicted octanol–water partition coefficient (Wildman–Crippen LogP) is 3.24. The first-order valence-electron chi connectivity index (χ1n) is 4.45. The average Bonchev–Trinajstić information content (AvgIpc) is 2.21. The molecule has 0 aromatic heterocycles. The molecule has 0 amide bonds. The van der Waals surface area contributed by atoms with Gasteiger partial charge in [-0.1, -0.05) is 35.6 Å². The van der Waals surface area contributed by atoms with Crippen LogP contribution in [0.25, 0.3) is 0 Å². The lowest BCUT2D eigenvalue weighted by molar-refractivity contribution is -0.136. The summed E-state index contributed by atoms with van der Waals surface area (Å²) in [5, 5.41) is 11.7. The Morgan fingerprint density at radius 1 is 1.50 bits per heavy atom. The van der Waals surface area contributed by atoms with Crippen molar-refractivity contribution < 1.29 is 9.90 Å². The lowest BCUT2D eigenvalue weighted by Crippen LogP contribution is -2.16. The first-order valence-corrected chi connectivity index (χ1v) is 6.11. The lowest BCUT2D eigenvalue weighted by Gasteiger charge is -2.09. The number of carboxylic acid groups (broad SMARTS) is 1. The molecule has 6 heteroatoms. The number of anilines is 1. The van der Waals surface area contributed by atoms with Gasteiger partial charge >= 0.3 is 5.97 Å². The number of hydrogen-bond donors (Lipinski definition) is 2. The van der Waals surface area contributed by atoms with Gasteiger partial charge in [0.25, 0.3) is 0 Å². The third kappa shape index (κ3) is 4.38. The van der Waals surface area contributed by atoms with Crippen molar-refractivity contribution in [2.45, 2.75) is 12.2 Å². The molecule has 1 atom stereocenters. The highest BCUT2D eigenvalue weighted by Crippen LogP contribution is 2.18. The van der Waals surface area contributed by atoms with Gasteiger partial charge in [-0.05, 0) is 31.2 Å². The normalized spacial score (nSPS) is 11.9. The summed E-state index contributed by atoms with van der Waals surface area (Å²) in [6.07, 6.45) is 0. The van der Waals surface area contributed by atoms with E-state index in [1.165, 1.54) is 0 Å². The van der Waals surface area contributed by atoms with Crippen LogP contribution < -0.4 is 5.32 Å². The first-order chi connectivity index (χ1) is 7.49. The second kappa shape index (κ2) is 6.08. The molecule has 0 aliphatic rings. The Morgan fingerprint density at radius 2 is 2.06 bits per heavy atom. The van der Waals surface area contributed by atoms with E-state index >= 15 is 0 Å². The molecule has 0 fully saturated rings. The minimum atomic E-state index is -0.884. The number of halogens is 1. The number of nitrogens with one attached hydrogen (secondary N) is 1. The molecule has 2 N–H and O–H groups in total. The maximum absolute atomic E-state index is 10.6. The summed E-state index contributed by atoms with van der Waals surface area (Å²) in [6, 6.07) is 7.02. The predicted molar refractivity (Wildman–Crippen MR) is 72.4 cm³/mol. The number of benzene rings is 1. The third-order valence-corrected chi connectivity index (χ3v) is 3.24. The Hall–Kier alpha value is -0.780. The highest BCUT2D eigenvalue weighted by atomic mass is 35.5. The van der Waals surface area contributed by atoms with Gasteiger partial charge in [0.1, 0.15) is 9.57 Å². The lowest BCUT2D eigenvalue weighted by atomic mass is 10.3. The van der Waals surface area contributed by atoms with Gasteiger partial charge in [-0.3, -0.25) is 4.79 Å². The molecule has 0 bridgehead atoms. The van der Waals surface area contributed by atoms with Crippen molar-refractivity contribution in [2.24, 2.45) is 0 Å². The van der Waals surface area contributed by atoms with E-state index in [1.807, 2.05) is 0 Å². The molecule has 3 nitrogen and oxygen atoms in total. The van der Waals surface area contributed by atoms with Crippen molar-refractivity contribution in [3.8, 4) is 0 Å². The van der Waals surface area contributed by atoms with Crippen LogP contribution in [0.5, 0.6) is 0 Å². The van der Waals surface area contributed by atoms with Crippen molar-refractivity contribution in [1.29, 1.82) is 0 Å². The average molecular weight is 276 g/mol. The second-order valence-corrected chi connectivity index (χ2v) is 5.47. The largest absolute Gasteiger partial charge is 0.480 e. The van der Waals surface area contributed by atoms with E-state index in [0.717, 1.165) is 17.4 Å². The number of carbonyl (C=O) groups is 1. The van der Waals surface area contributed by atoms with E-state index in [-0.39, 0.29) is 0 Å². The summed E-state index contributed by atoms with van der Waals surface area (Å²) < 4.78 is 0.428. The standard InChI is InChI=1S/C10H10ClNO2S2/c1-6(9(13)14)16-10(15)12-8-4-2-7(11)3-5-8/h2-6H,1H3,(H,12,15)(H,13,14)/t6-/m0/s1. The van der Waals surface area contributed by atoms with Crippen LogP contribution in [0.2, 0.25) is 5.02 Å². The van der Waals surface area contributed by atoms with Crippen LogP contribution in [0.4, 0.5) is 5.69 Å². The zero-order valence-corrected chi connectivity index (χ0v) is 10.8. The summed E-state index contributed by atoms with van der Waals surface area (Å²) in [5.41, 5.74) is 0.791. The molecule has 1 aromatic rings. The van der Waals surface area contributed by atoms with Gasteiger partial charge in [0.15, 0.2) is 0 Å². The van der Waals surface area contributed by atoms with E-state index in [0.29, 0.717) is 9.34 Å². The molecule has 1 rings (SSSR count). The Bertz CT molecular complexity index is 394. The van der Waals surface area contributed by atoms with Crippen LogP contribution >= 0.6 is 35.6 Å². The molecular formula is C10H10ClNO2S2. The summed E-state index contributed by atoms with van der Waals surface area (Å²) >= 11 is 11.8. The quantitative estimate of drug-likeness (QED) is 0.830.